The van der Waals surface area contributed by atoms with E-state index in [0.717, 1.165) is 32.5 Å². The maximum absolute atomic E-state index is 12.3. The monoisotopic (exact) mass is 354 g/mol. The van der Waals surface area contributed by atoms with Gasteiger partial charge < -0.3 is 14.2 Å². The van der Waals surface area contributed by atoms with Crippen LogP contribution >= 0.6 is 0 Å². The topological polar surface area (TPSA) is 62.5 Å². The van der Waals surface area contributed by atoms with Crippen LogP contribution in [0.5, 0.6) is 0 Å². The molecule has 1 amide bonds. The lowest BCUT2D eigenvalue weighted by atomic mass is 9.87. The second-order valence-electron chi connectivity index (χ2n) is 7.53. The van der Waals surface area contributed by atoms with Crippen molar-refractivity contribution in [2.75, 3.05) is 24.5 Å². The Hall–Kier alpha value is -2.37. The number of carbonyl (C=O) groups excluding carboxylic acids is 1. The van der Waals surface area contributed by atoms with Crippen molar-refractivity contribution in [2.24, 2.45) is 11.8 Å². The Kier molecular flexibility index (Phi) is 4.42. The van der Waals surface area contributed by atoms with E-state index in [0.29, 0.717) is 23.7 Å². The van der Waals surface area contributed by atoms with Crippen LogP contribution in [0.1, 0.15) is 43.3 Å². The van der Waals surface area contributed by atoms with Crippen LogP contribution in [0.3, 0.4) is 0 Å². The van der Waals surface area contributed by atoms with E-state index < -0.39 is 0 Å². The van der Waals surface area contributed by atoms with Gasteiger partial charge in [-0.15, -0.1) is 5.10 Å². The summed E-state index contributed by atoms with van der Waals surface area (Å²) in [6.45, 7) is 8.42. The molecule has 0 unspecified atom stereocenters. The van der Waals surface area contributed by atoms with Crippen LogP contribution in [0, 0.1) is 18.8 Å². The van der Waals surface area contributed by atoms with Crippen LogP contribution in [-0.2, 0) is 11.2 Å². The lowest BCUT2D eigenvalue weighted by molar-refractivity contribution is -0.130. The van der Waals surface area contributed by atoms with E-state index in [1.165, 1.54) is 11.1 Å². The highest BCUT2D eigenvalue weighted by Crippen LogP contribution is 2.46. The van der Waals surface area contributed by atoms with Gasteiger partial charge in [-0.1, -0.05) is 36.3 Å². The summed E-state index contributed by atoms with van der Waals surface area (Å²) in [5.41, 5.74) is 2.50. The first-order valence-electron chi connectivity index (χ1n) is 9.48. The van der Waals surface area contributed by atoms with E-state index in [1.807, 2.05) is 4.90 Å². The minimum Gasteiger partial charge on any atom is -0.408 e. The number of aryl methyl sites for hydroxylation is 2. The van der Waals surface area contributed by atoms with Gasteiger partial charge in [0.1, 0.15) is 0 Å². The van der Waals surface area contributed by atoms with Gasteiger partial charge in [0.25, 0.3) is 0 Å². The maximum Gasteiger partial charge on any atom is 0.318 e. The van der Waals surface area contributed by atoms with E-state index in [4.69, 9.17) is 4.42 Å². The first-order chi connectivity index (χ1) is 12.6. The summed E-state index contributed by atoms with van der Waals surface area (Å²) in [6.07, 6.45) is 1.81. The summed E-state index contributed by atoms with van der Waals surface area (Å²) >= 11 is 0. The number of hydrogen-bond acceptors (Lipinski definition) is 5. The fraction of sp³-hybridized carbons (Fsp3) is 0.550. The number of aromatic nitrogens is 2. The summed E-state index contributed by atoms with van der Waals surface area (Å²) in [6, 6.07) is 9.16. The zero-order chi connectivity index (χ0) is 18.3. The normalized spacial score (nSPS) is 25.0. The Bertz CT molecular complexity index is 803. The van der Waals surface area contributed by atoms with Crippen molar-refractivity contribution < 1.29 is 9.21 Å². The van der Waals surface area contributed by atoms with Crippen molar-refractivity contribution in [1.29, 1.82) is 0 Å². The van der Waals surface area contributed by atoms with Crippen molar-refractivity contribution in [1.82, 2.24) is 15.1 Å². The average Bonchev–Trinajstić information content (AvgIpc) is 3.29. The zero-order valence-corrected chi connectivity index (χ0v) is 15.7. The van der Waals surface area contributed by atoms with E-state index in [-0.39, 0.29) is 11.9 Å². The molecule has 2 aliphatic heterocycles. The summed E-state index contributed by atoms with van der Waals surface area (Å²) in [5, 5.41) is 8.40. The molecule has 0 aliphatic carbocycles. The Morgan fingerprint density at radius 3 is 2.77 bits per heavy atom. The van der Waals surface area contributed by atoms with Gasteiger partial charge >= 0.3 is 6.01 Å². The molecule has 2 saturated heterocycles. The second kappa shape index (κ2) is 6.74. The predicted octanol–water partition coefficient (Wildman–Crippen LogP) is 2.99. The van der Waals surface area contributed by atoms with Gasteiger partial charge in [-0.25, -0.2) is 0 Å². The molecule has 6 nitrogen and oxygen atoms in total. The van der Waals surface area contributed by atoms with E-state index in [2.05, 4.69) is 53.2 Å². The van der Waals surface area contributed by atoms with Gasteiger partial charge in [-0.05, 0) is 24.5 Å². The molecule has 3 atom stereocenters. The SMILES string of the molecule is CCCc1nnc(N2C[C@@H]3CN(C(C)=O)[C@H](c4ccccc4C)[C@@H]3C2)o1. The Balaban J connectivity index is 1.60. The molecule has 2 aromatic rings. The van der Waals surface area contributed by atoms with Gasteiger partial charge in [0.2, 0.25) is 11.8 Å². The Morgan fingerprint density at radius 1 is 1.23 bits per heavy atom. The summed E-state index contributed by atoms with van der Waals surface area (Å²) in [7, 11) is 0. The molecule has 0 bridgehead atoms. The van der Waals surface area contributed by atoms with Crippen LogP contribution in [-0.4, -0.2) is 40.6 Å². The highest BCUT2D eigenvalue weighted by atomic mass is 16.4. The molecular weight excluding hydrogens is 328 g/mol. The predicted molar refractivity (Wildman–Crippen MR) is 98.8 cm³/mol. The standard InChI is InChI=1S/C20H26N4O2/c1-4-7-18-21-22-20(26-18)23-10-15-11-24(14(3)25)19(17(15)12-23)16-9-6-5-8-13(16)2/h5-6,8-9,15,17,19H,4,7,10-12H2,1-3H3/t15-,17-,19-/m1/s1. The van der Waals surface area contributed by atoms with Crippen LogP contribution in [0.2, 0.25) is 0 Å². The maximum atomic E-state index is 12.3. The van der Waals surface area contributed by atoms with Crippen molar-refractivity contribution in [3.05, 3.63) is 41.3 Å². The van der Waals surface area contributed by atoms with Gasteiger partial charge in [-0.2, -0.15) is 0 Å². The fourth-order valence-electron chi connectivity index (χ4n) is 4.53. The van der Waals surface area contributed by atoms with Gasteiger partial charge in [0.15, 0.2) is 0 Å². The molecule has 4 rings (SSSR count). The second-order valence-corrected chi connectivity index (χ2v) is 7.53. The summed E-state index contributed by atoms with van der Waals surface area (Å²) in [5.74, 6) is 1.69. The minimum atomic E-state index is 0.127. The molecule has 1 aromatic heterocycles. The Morgan fingerprint density at radius 2 is 2.04 bits per heavy atom. The molecule has 2 aliphatic rings. The molecule has 3 heterocycles. The highest BCUT2D eigenvalue weighted by molar-refractivity contribution is 5.74. The lowest BCUT2D eigenvalue weighted by Gasteiger charge is -2.29. The van der Waals surface area contributed by atoms with E-state index >= 15 is 0 Å². The third-order valence-corrected chi connectivity index (χ3v) is 5.77. The smallest absolute Gasteiger partial charge is 0.318 e. The molecule has 0 saturated carbocycles. The third-order valence-electron chi connectivity index (χ3n) is 5.77. The molecule has 0 radical (unpaired) electrons. The lowest BCUT2D eigenvalue weighted by Crippen LogP contribution is -2.34. The molecule has 6 heteroatoms. The quantitative estimate of drug-likeness (QED) is 0.845. The zero-order valence-electron chi connectivity index (χ0n) is 15.7. The van der Waals surface area contributed by atoms with Crippen LogP contribution in [0.25, 0.3) is 0 Å². The number of carbonyl (C=O) groups is 1. The van der Waals surface area contributed by atoms with Gasteiger partial charge in [0, 0.05) is 44.8 Å². The fourth-order valence-corrected chi connectivity index (χ4v) is 4.53. The number of likely N-dealkylation sites (tertiary alicyclic amines) is 1. The number of anilines is 1. The van der Waals surface area contributed by atoms with Crippen molar-refractivity contribution in [3.63, 3.8) is 0 Å². The molecule has 1 aromatic carbocycles. The van der Waals surface area contributed by atoms with Crippen molar-refractivity contribution >= 4 is 11.9 Å². The van der Waals surface area contributed by atoms with Crippen molar-refractivity contribution in [3.8, 4) is 0 Å². The van der Waals surface area contributed by atoms with Gasteiger partial charge in [-0.3, -0.25) is 4.79 Å². The van der Waals surface area contributed by atoms with Crippen LogP contribution in [0.15, 0.2) is 28.7 Å². The molecule has 26 heavy (non-hydrogen) atoms. The summed E-state index contributed by atoms with van der Waals surface area (Å²) < 4.78 is 5.84. The minimum absolute atomic E-state index is 0.127. The third kappa shape index (κ3) is 2.87. The first kappa shape index (κ1) is 17.1. The molecule has 0 spiro atoms. The number of hydrogen-bond donors (Lipinski definition) is 0. The van der Waals surface area contributed by atoms with Crippen molar-refractivity contribution in [2.45, 2.75) is 39.7 Å². The van der Waals surface area contributed by atoms with Gasteiger partial charge in [0.05, 0.1) is 6.04 Å². The highest BCUT2D eigenvalue weighted by Gasteiger charge is 2.49. The number of rotatable bonds is 4. The van der Waals surface area contributed by atoms with Crippen LogP contribution in [0.4, 0.5) is 6.01 Å². The van der Waals surface area contributed by atoms with E-state index in [1.54, 1.807) is 6.92 Å². The largest absolute Gasteiger partial charge is 0.408 e. The molecule has 138 valence electrons. The average molecular weight is 354 g/mol. The number of nitrogens with zero attached hydrogens (tertiary/aromatic N) is 4. The first-order valence-corrected chi connectivity index (χ1v) is 9.48. The number of fused-ring (bicyclic) bond motifs is 1. The Labute approximate surface area is 154 Å². The molecule has 0 N–H and O–H groups in total. The van der Waals surface area contributed by atoms with E-state index in [9.17, 15) is 4.79 Å². The number of amides is 1. The summed E-state index contributed by atoms with van der Waals surface area (Å²) in [4.78, 5) is 16.5. The molecule has 2 fully saturated rings. The number of benzene rings is 1. The van der Waals surface area contributed by atoms with Crippen LogP contribution < -0.4 is 4.90 Å². The molecular formula is C20H26N4O2.